The number of amides is 2. The number of anilines is 1. The second kappa shape index (κ2) is 6.62. The molecule has 2 aliphatic rings. The Labute approximate surface area is 157 Å². The molecular formula is C17H12N2O3S3. The van der Waals surface area contributed by atoms with Gasteiger partial charge in [0.15, 0.2) is 0 Å². The van der Waals surface area contributed by atoms with Crippen LogP contribution in [0.25, 0.3) is 6.08 Å². The number of carbonyl (C=O) groups is 2. The van der Waals surface area contributed by atoms with Crippen LogP contribution in [0.3, 0.4) is 0 Å². The Balaban J connectivity index is 1.69. The van der Waals surface area contributed by atoms with Crippen molar-refractivity contribution in [3.63, 3.8) is 0 Å². The van der Waals surface area contributed by atoms with Crippen LogP contribution in [0.1, 0.15) is 15.2 Å². The van der Waals surface area contributed by atoms with Gasteiger partial charge in [-0.2, -0.15) is 0 Å². The van der Waals surface area contributed by atoms with Gasteiger partial charge in [0.25, 0.3) is 11.8 Å². The van der Waals surface area contributed by atoms with E-state index in [4.69, 9.17) is 17.0 Å². The fraction of sp³-hybridized carbons (Fsp3) is 0.118. The number of hydrogen-bond donors (Lipinski definition) is 1. The number of fused-ring (bicyclic) bond motifs is 1. The second-order valence-electron chi connectivity index (χ2n) is 5.36. The molecule has 1 N–H and O–H groups in total. The van der Waals surface area contributed by atoms with Gasteiger partial charge in [-0.25, -0.2) is 0 Å². The molecule has 25 heavy (non-hydrogen) atoms. The Morgan fingerprint density at radius 2 is 2.24 bits per heavy atom. The summed E-state index contributed by atoms with van der Waals surface area (Å²) in [4.78, 5) is 27.5. The number of benzene rings is 1. The molecule has 0 unspecified atom stereocenters. The Morgan fingerprint density at radius 3 is 2.96 bits per heavy atom. The predicted octanol–water partition coefficient (Wildman–Crippen LogP) is 3.28. The Morgan fingerprint density at radius 1 is 1.36 bits per heavy atom. The Bertz CT molecular complexity index is 906. The lowest BCUT2D eigenvalue weighted by Gasteiger charge is -2.29. The molecule has 0 radical (unpaired) electrons. The molecule has 0 bridgehead atoms. The first-order valence-corrected chi connectivity index (χ1v) is 9.59. The minimum atomic E-state index is -0.199. The number of thioether (sulfide) groups is 1. The molecule has 3 heterocycles. The second-order valence-corrected chi connectivity index (χ2v) is 8.03. The molecule has 2 amide bonds. The molecule has 2 aliphatic heterocycles. The third kappa shape index (κ3) is 3.20. The average molecular weight is 388 g/mol. The highest BCUT2D eigenvalue weighted by Gasteiger charge is 2.26. The van der Waals surface area contributed by atoms with Crippen LogP contribution < -0.4 is 15.0 Å². The summed E-state index contributed by atoms with van der Waals surface area (Å²) in [5.74, 6) is 0.423. The van der Waals surface area contributed by atoms with Gasteiger partial charge in [-0.1, -0.05) is 36.1 Å². The van der Waals surface area contributed by atoms with Gasteiger partial charge < -0.3 is 15.0 Å². The number of hydrogen-bond acceptors (Lipinski definition) is 6. The highest BCUT2D eigenvalue weighted by atomic mass is 32.2. The minimum Gasteiger partial charge on any atom is -0.490 e. The first-order chi connectivity index (χ1) is 12.1. The largest absolute Gasteiger partial charge is 0.490 e. The van der Waals surface area contributed by atoms with E-state index in [2.05, 4.69) is 5.32 Å². The van der Waals surface area contributed by atoms with E-state index in [1.54, 1.807) is 11.0 Å². The van der Waals surface area contributed by atoms with Gasteiger partial charge in [0, 0.05) is 0 Å². The third-order valence-electron chi connectivity index (χ3n) is 3.76. The third-order valence-corrected chi connectivity index (χ3v) is 5.78. The van der Waals surface area contributed by atoms with Crippen LogP contribution in [-0.4, -0.2) is 29.3 Å². The molecule has 1 fully saturated rings. The summed E-state index contributed by atoms with van der Waals surface area (Å²) in [5, 5.41) is 4.48. The molecule has 0 atom stereocenters. The quantitative estimate of drug-likeness (QED) is 0.632. The molecule has 1 aromatic carbocycles. The number of thiocarbonyl (C=S) groups is 1. The number of thiophene rings is 1. The monoisotopic (exact) mass is 388 g/mol. The molecule has 1 saturated heterocycles. The lowest BCUT2D eigenvalue weighted by atomic mass is 10.1. The first kappa shape index (κ1) is 16.3. The van der Waals surface area contributed by atoms with E-state index in [0.29, 0.717) is 38.7 Å². The van der Waals surface area contributed by atoms with Crippen LogP contribution in [-0.2, 0) is 4.79 Å². The van der Waals surface area contributed by atoms with Crippen molar-refractivity contribution < 1.29 is 14.3 Å². The lowest BCUT2D eigenvalue weighted by molar-refractivity contribution is -0.115. The van der Waals surface area contributed by atoms with Crippen LogP contribution in [0.2, 0.25) is 0 Å². The zero-order chi connectivity index (χ0) is 17.4. The van der Waals surface area contributed by atoms with E-state index in [1.807, 2.05) is 35.7 Å². The fourth-order valence-corrected chi connectivity index (χ4v) is 4.36. The number of ether oxygens (including phenoxy) is 1. The van der Waals surface area contributed by atoms with Crippen molar-refractivity contribution in [3.05, 3.63) is 51.1 Å². The zero-order valence-electron chi connectivity index (χ0n) is 12.9. The van der Waals surface area contributed by atoms with E-state index in [1.165, 1.54) is 23.1 Å². The topological polar surface area (TPSA) is 58.6 Å². The smallest absolute Gasteiger partial charge is 0.268 e. The molecule has 8 heteroatoms. The maximum atomic E-state index is 12.8. The van der Waals surface area contributed by atoms with Crippen molar-refractivity contribution >= 4 is 63.2 Å². The van der Waals surface area contributed by atoms with Crippen LogP contribution >= 0.6 is 35.3 Å². The van der Waals surface area contributed by atoms with Crippen LogP contribution in [0.5, 0.6) is 5.75 Å². The maximum Gasteiger partial charge on any atom is 0.268 e. The summed E-state index contributed by atoms with van der Waals surface area (Å²) in [6.07, 6.45) is 1.77. The molecule has 0 saturated carbocycles. The first-order valence-electron chi connectivity index (χ1n) is 7.49. The fourth-order valence-electron chi connectivity index (χ4n) is 2.64. The van der Waals surface area contributed by atoms with Gasteiger partial charge in [0.2, 0.25) is 0 Å². The Hall–Kier alpha value is -2.16. The van der Waals surface area contributed by atoms with Gasteiger partial charge in [-0.3, -0.25) is 9.59 Å². The molecule has 5 nitrogen and oxygen atoms in total. The van der Waals surface area contributed by atoms with E-state index in [-0.39, 0.29) is 11.8 Å². The van der Waals surface area contributed by atoms with Crippen LogP contribution in [0, 0.1) is 0 Å². The zero-order valence-corrected chi connectivity index (χ0v) is 15.3. The van der Waals surface area contributed by atoms with Gasteiger partial charge in [-0.15, -0.1) is 11.3 Å². The van der Waals surface area contributed by atoms with Crippen molar-refractivity contribution in [1.29, 1.82) is 0 Å². The number of nitrogens with zero attached hydrogens (tertiary/aromatic N) is 1. The highest BCUT2D eigenvalue weighted by molar-refractivity contribution is 8.26. The number of nitrogens with one attached hydrogen (secondary N) is 1. The van der Waals surface area contributed by atoms with Crippen LogP contribution in [0.4, 0.5) is 5.69 Å². The van der Waals surface area contributed by atoms with Gasteiger partial charge in [0.05, 0.1) is 22.0 Å². The molecule has 0 spiro atoms. The van der Waals surface area contributed by atoms with Gasteiger partial charge >= 0.3 is 0 Å². The molecular weight excluding hydrogens is 376 g/mol. The molecule has 2 aromatic rings. The number of carbonyl (C=O) groups excluding carboxylic acids is 2. The summed E-state index contributed by atoms with van der Waals surface area (Å²) < 4.78 is 6.12. The van der Waals surface area contributed by atoms with E-state index in [9.17, 15) is 9.59 Å². The van der Waals surface area contributed by atoms with E-state index < -0.39 is 0 Å². The summed E-state index contributed by atoms with van der Waals surface area (Å²) in [6.45, 7) is 0.945. The molecule has 126 valence electrons. The lowest BCUT2D eigenvalue weighted by Crippen LogP contribution is -2.37. The molecule has 1 aromatic heterocycles. The van der Waals surface area contributed by atoms with Crippen molar-refractivity contribution in [2.45, 2.75) is 0 Å². The van der Waals surface area contributed by atoms with Crippen molar-refractivity contribution in [1.82, 2.24) is 5.32 Å². The average Bonchev–Trinajstić information content (AvgIpc) is 3.24. The predicted molar refractivity (Wildman–Crippen MR) is 104 cm³/mol. The SMILES string of the molecule is O=C1NC(=S)S/C1=C\c1ccc2c(c1)N(C(=O)c1cccs1)CCO2. The van der Waals surface area contributed by atoms with Gasteiger partial charge in [0.1, 0.15) is 16.7 Å². The van der Waals surface area contributed by atoms with Crippen molar-refractivity contribution in [2.24, 2.45) is 0 Å². The Kier molecular flexibility index (Phi) is 4.32. The maximum absolute atomic E-state index is 12.8. The molecule has 4 rings (SSSR count). The minimum absolute atomic E-state index is 0.0430. The normalized spacial score (nSPS) is 18.1. The summed E-state index contributed by atoms with van der Waals surface area (Å²) in [5.41, 5.74) is 1.53. The summed E-state index contributed by atoms with van der Waals surface area (Å²) >= 11 is 7.65. The summed E-state index contributed by atoms with van der Waals surface area (Å²) in [7, 11) is 0. The van der Waals surface area contributed by atoms with E-state index in [0.717, 1.165) is 5.56 Å². The van der Waals surface area contributed by atoms with Crippen molar-refractivity contribution in [3.8, 4) is 5.75 Å². The number of rotatable bonds is 2. The summed E-state index contributed by atoms with van der Waals surface area (Å²) in [6, 6.07) is 9.22. The van der Waals surface area contributed by atoms with Crippen molar-refractivity contribution in [2.75, 3.05) is 18.1 Å². The molecule has 0 aliphatic carbocycles. The van der Waals surface area contributed by atoms with Crippen LogP contribution in [0.15, 0.2) is 40.6 Å². The standard InChI is InChI=1S/C17H12N2O3S3/c20-15-14(25-17(23)18-15)9-10-3-4-12-11(8-10)19(5-6-22-12)16(21)13-2-1-7-24-13/h1-4,7-9H,5-6H2,(H,18,20,23)/b14-9-. The van der Waals surface area contributed by atoms with Gasteiger partial charge in [-0.05, 0) is 35.2 Å². The van der Waals surface area contributed by atoms with E-state index >= 15 is 0 Å². The highest BCUT2D eigenvalue weighted by Crippen LogP contribution is 2.35.